The Kier molecular flexibility index (Phi) is 10.3. The van der Waals surface area contributed by atoms with Crippen molar-refractivity contribution < 1.29 is 4.74 Å². The smallest absolute Gasteiger partial charge is 0.191 e. The zero-order valence-corrected chi connectivity index (χ0v) is 20.4. The molecule has 2 heterocycles. The molecule has 2 N–H and O–H groups in total. The first-order chi connectivity index (χ1) is 14.2. The number of aromatic nitrogens is 1. The van der Waals surface area contributed by atoms with Gasteiger partial charge in [0.1, 0.15) is 5.82 Å². The maximum absolute atomic E-state index is 5.46. The van der Waals surface area contributed by atoms with Gasteiger partial charge < -0.3 is 20.3 Å². The first-order valence-corrected chi connectivity index (χ1v) is 10.1. The Hall–Kier alpha value is -1.91. The molecule has 1 fully saturated rings. The van der Waals surface area contributed by atoms with E-state index in [1.165, 1.54) is 11.1 Å². The van der Waals surface area contributed by atoms with Gasteiger partial charge in [0.15, 0.2) is 5.96 Å². The van der Waals surface area contributed by atoms with Crippen LogP contribution in [0.1, 0.15) is 16.7 Å². The van der Waals surface area contributed by atoms with Gasteiger partial charge in [-0.25, -0.2) is 4.98 Å². The van der Waals surface area contributed by atoms with Crippen LogP contribution >= 0.6 is 24.0 Å². The fraction of sp³-hybridized carbons (Fsp3) is 0.455. The minimum absolute atomic E-state index is 0. The maximum atomic E-state index is 5.46. The molecule has 0 atom stereocenters. The van der Waals surface area contributed by atoms with Crippen LogP contribution < -0.4 is 15.5 Å². The first kappa shape index (κ1) is 24.4. The lowest BCUT2D eigenvalue weighted by atomic mass is 10.1. The average molecular weight is 524 g/mol. The number of morpholine rings is 1. The molecule has 1 aliphatic heterocycles. The lowest BCUT2D eigenvalue weighted by Crippen LogP contribution is -2.38. The van der Waals surface area contributed by atoms with Gasteiger partial charge in [0.25, 0.3) is 0 Å². The van der Waals surface area contributed by atoms with Crippen LogP contribution in [0.25, 0.3) is 0 Å². The molecular weight excluding hydrogens is 491 g/mol. The molecule has 8 heteroatoms. The molecule has 3 rings (SSSR count). The van der Waals surface area contributed by atoms with Crippen LogP contribution in [0.15, 0.2) is 47.6 Å². The number of aliphatic imine (C=N–C) groups is 1. The number of guanidine groups is 1. The summed E-state index contributed by atoms with van der Waals surface area (Å²) in [5, 5.41) is 6.84. The number of nitrogens with one attached hydrogen (secondary N) is 2. The summed E-state index contributed by atoms with van der Waals surface area (Å²) in [7, 11) is 5.81. The summed E-state index contributed by atoms with van der Waals surface area (Å²) in [4.78, 5) is 13.3. The van der Waals surface area contributed by atoms with Crippen molar-refractivity contribution >= 4 is 35.8 Å². The van der Waals surface area contributed by atoms with Gasteiger partial charge in [0.05, 0.1) is 13.2 Å². The molecule has 1 saturated heterocycles. The minimum atomic E-state index is 0. The highest BCUT2D eigenvalue weighted by Gasteiger charge is 2.13. The minimum Gasteiger partial charge on any atom is -0.379 e. The molecule has 2 aromatic rings. The predicted octanol–water partition coefficient (Wildman–Crippen LogP) is 2.46. The van der Waals surface area contributed by atoms with Crippen molar-refractivity contribution in [1.29, 1.82) is 0 Å². The van der Waals surface area contributed by atoms with Crippen molar-refractivity contribution in [2.24, 2.45) is 4.99 Å². The summed E-state index contributed by atoms with van der Waals surface area (Å²) >= 11 is 0. The normalized spacial score (nSPS) is 14.7. The van der Waals surface area contributed by atoms with E-state index in [0.717, 1.165) is 56.7 Å². The summed E-state index contributed by atoms with van der Waals surface area (Å²) in [6.07, 6.45) is 1.82. The SMILES string of the molecule is CN=C(NCc1ccccc1CN1CCOCC1)NCc1cccnc1N(C)C.I. The highest BCUT2D eigenvalue weighted by molar-refractivity contribution is 14.0. The second-order valence-electron chi connectivity index (χ2n) is 7.32. The molecule has 7 nitrogen and oxygen atoms in total. The van der Waals surface area contributed by atoms with E-state index in [-0.39, 0.29) is 24.0 Å². The number of ether oxygens (including phenoxy) is 1. The average Bonchev–Trinajstić information content (AvgIpc) is 2.76. The Morgan fingerprint density at radius 2 is 1.67 bits per heavy atom. The maximum Gasteiger partial charge on any atom is 0.191 e. The van der Waals surface area contributed by atoms with Gasteiger partial charge in [0.2, 0.25) is 0 Å². The Morgan fingerprint density at radius 3 is 2.33 bits per heavy atom. The number of hydrogen-bond acceptors (Lipinski definition) is 5. The Labute approximate surface area is 196 Å². The van der Waals surface area contributed by atoms with E-state index in [1.807, 2.05) is 31.3 Å². The van der Waals surface area contributed by atoms with Gasteiger partial charge in [-0.1, -0.05) is 30.3 Å². The highest BCUT2D eigenvalue weighted by atomic mass is 127. The molecule has 0 amide bonds. The third kappa shape index (κ3) is 7.10. The first-order valence-electron chi connectivity index (χ1n) is 10.1. The van der Waals surface area contributed by atoms with Crippen LogP contribution in [0.4, 0.5) is 5.82 Å². The number of benzene rings is 1. The van der Waals surface area contributed by atoms with Crippen molar-refractivity contribution in [1.82, 2.24) is 20.5 Å². The summed E-state index contributed by atoms with van der Waals surface area (Å²) in [5.74, 6) is 1.74. The third-order valence-electron chi connectivity index (χ3n) is 5.02. The van der Waals surface area contributed by atoms with E-state index in [9.17, 15) is 0 Å². The van der Waals surface area contributed by atoms with E-state index in [4.69, 9.17) is 4.74 Å². The van der Waals surface area contributed by atoms with Crippen molar-refractivity contribution in [3.63, 3.8) is 0 Å². The molecule has 0 spiro atoms. The standard InChI is InChI=1S/C22H32N6O.HI/c1-23-22(26-16-19-9-6-10-24-21(19)27(2)3)25-15-18-7-4-5-8-20(18)17-28-11-13-29-14-12-28;/h4-10H,11-17H2,1-3H3,(H2,23,25,26);1H. The Morgan fingerprint density at radius 1 is 1.03 bits per heavy atom. The number of anilines is 1. The van der Waals surface area contributed by atoms with Crippen LogP contribution in [0.3, 0.4) is 0 Å². The molecule has 0 radical (unpaired) electrons. The second kappa shape index (κ2) is 12.7. The zero-order valence-electron chi connectivity index (χ0n) is 18.1. The van der Waals surface area contributed by atoms with Crippen molar-refractivity contribution in [2.75, 3.05) is 52.3 Å². The third-order valence-corrected chi connectivity index (χ3v) is 5.02. The molecule has 1 aliphatic rings. The summed E-state index contributed by atoms with van der Waals surface area (Å²) in [6, 6.07) is 12.6. The monoisotopic (exact) mass is 524 g/mol. The van der Waals surface area contributed by atoms with Gasteiger partial charge in [0, 0.05) is 65.6 Å². The van der Waals surface area contributed by atoms with E-state index >= 15 is 0 Å². The number of nitrogens with zero attached hydrogens (tertiary/aromatic N) is 4. The zero-order chi connectivity index (χ0) is 20.5. The van der Waals surface area contributed by atoms with Crippen molar-refractivity contribution in [2.45, 2.75) is 19.6 Å². The number of rotatable bonds is 7. The molecule has 0 aliphatic carbocycles. The van der Waals surface area contributed by atoms with Crippen LogP contribution in [-0.4, -0.2) is 63.3 Å². The molecule has 30 heavy (non-hydrogen) atoms. The predicted molar refractivity (Wildman–Crippen MR) is 134 cm³/mol. The van der Waals surface area contributed by atoms with E-state index in [0.29, 0.717) is 6.54 Å². The molecule has 0 unspecified atom stereocenters. The molecular formula is C22H33IN6O. The quantitative estimate of drug-likeness (QED) is 0.330. The summed E-state index contributed by atoms with van der Waals surface area (Å²) < 4.78 is 5.46. The molecule has 1 aromatic heterocycles. The fourth-order valence-electron chi connectivity index (χ4n) is 3.43. The van der Waals surface area contributed by atoms with Gasteiger partial charge in [-0.2, -0.15) is 0 Å². The molecule has 1 aromatic carbocycles. The Balaban J connectivity index is 0.00000320. The van der Waals surface area contributed by atoms with E-state index in [1.54, 1.807) is 7.05 Å². The summed E-state index contributed by atoms with van der Waals surface area (Å²) in [6.45, 7) is 5.97. The Bertz CT molecular complexity index is 808. The van der Waals surface area contributed by atoms with Gasteiger partial charge >= 0.3 is 0 Å². The van der Waals surface area contributed by atoms with Crippen molar-refractivity contribution in [3.8, 4) is 0 Å². The van der Waals surface area contributed by atoms with E-state index in [2.05, 4.69) is 55.8 Å². The van der Waals surface area contributed by atoms with Gasteiger partial charge in [-0.15, -0.1) is 24.0 Å². The van der Waals surface area contributed by atoms with Crippen LogP contribution in [0.5, 0.6) is 0 Å². The molecule has 0 bridgehead atoms. The molecule has 164 valence electrons. The van der Waals surface area contributed by atoms with Gasteiger partial charge in [-0.3, -0.25) is 9.89 Å². The highest BCUT2D eigenvalue weighted by Crippen LogP contribution is 2.14. The number of halogens is 1. The van der Waals surface area contributed by atoms with Crippen LogP contribution in [0.2, 0.25) is 0 Å². The lowest BCUT2D eigenvalue weighted by molar-refractivity contribution is 0.0341. The van der Waals surface area contributed by atoms with Crippen LogP contribution in [0, 0.1) is 0 Å². The van der Waals surface area contributed by atoms with Crippen molar-refractivity contribution in [3.05, 3.63) is 59.3 Å². The van der Waals surface area contributed by atoms with Crippen LogP contribution in [-0.2, 0) is 24.4 Å². The fourth-order valence-corrected chi connectivity index (χ4v) is 3.43. The second-order valence-corrected chi connectivity index (χ2v) is 7.32. The summed E-state index contributed by atoms with van der Waals surface area (Å²) in [5.41, 5.74) is 3.77. The largest absolute Gasteiger partial charge is 0.379 e. The molecule has 0 saturated carbocycles. The topological polar surface area (TPSA) is 65.0 Å². The van der Waals surface area contributed by atoms with Gasteiger partial charge in [-0.05, 0) is 17.2 Å². The number of hydrogen-bond donors (Lipinski definition) is 2. The lowest BCUT2D eigenvalue weighted by Gasteiger charge is -2.27. The van der Waals surface area contributed by atoms with E-state index < -0.39 is 0 Å². The number of pyridine rings is 1.